The molecule has 0 saturated carbocycles. The lowest BCUT2D eigenvalue weighted by atomic mass is 10.0. The topological polar surface area (TPSA) is 114 Å². The molecule has 10 heteroatoms. The minimum absolute atomic E-state index is 0.0438. The highest BCUT2D eigenvalue weighted by Crippen LogP contribution is 2.38. The van der Waals surface area contributed by atoms with Crippen molar-refractivity contribution in [3.63, 3.8) is 0 Å². The normalized spacial score (nSPS) is 14.4. The summed E-state index contributed by atoms with van der Waals surface area (Å²) in [5.41, 5.74) is 0. The minimum Gasteiger partial charge on any atom is -0.756 e. The number of nitrogens with one attached hydrogen (secondary N) is 1. The molecule has 0 aromatic heterocycles. The number of hydrogen-bond donors (Lipinski definition) is 1. The van der Waals surface area contributed by atoms with E-state index >= 15 is 0 Å². The molecule has 3 atom stereocenters. The van der Waals surface area contributed by atoms with Gasteiger partial charge in [-0.2, -0.15) is 0 Å². The Hall–Kier alpha value is -3.85. The van der Waals surface area contributed by atoms with Crippen LogP contribution in [-0.4, -0.2) is 69.4 Å². The van der Waals surface area contributed by atoms with Gasteiger partial charge in [-0.1, -0.05) is 270 Å². The molecule has 1 N–H and O–H groups in total. The number of phosphoric ester groups is 1. The van der Waals surface area contributed by atoms with Crippen molar-refractivity contribution in [1.29, 1.82) is 0 Å². The van der Waals surface area contributed by atoms with Crippen LogP contribution in [0.15, 0.2) is 134 Å². The Morgan fingerprint density at radius 3 is 1.20 bits per heavy atom. The van der Waals surface area contributed by atoms with E-state index in [1.165, 1.54) is 116 Å². The van der Waals surface area contributed by atoms with Crippen LogP contribution in [0.25, 0.3) is 0 Å². The average molecular weight is 1170 g/mol. The lowest BCUT2D eigenvalue weighted by Gasteiger charge is -2.30. The highest BCUT2D eigenvalue weighted by Gasteiger charge is 2.27. The Kier molecular flexibility index (Phi) is 58.4. The van der Waals surface area contributed by atoms with E-state index in [4.69, 9.17) is 13.8 Å². The smallest absolute Gasteiger partial charge is 0.306 e. The van der Waals surface area contributed by atoms with Crippen molar-refractivity contribution in [3.8, 4) is 0 Å². The molecule has 0 radical (unpaired) electrons. The molecule has 83 heavy (non-hydrogen) atoms. The molecule has 0 spiro atoms. The van der Waals surface area contributed by atoms with E-state index in [2.05, 4.69) is 135 Å². The standard InChI is InChI=1S/C73H125N2O7P/c1-7-10-13-16-19-22-25-28-30-32-34-35-36-37-38-39-41-43-45-48-51-54-57-60-63-66-73(77)82-71(64-61-58-55-52-49-46-27-24-21-18-15-12-9-3)70(69-81-83(78,79)80-68-67-75(4,5)6)74-72(76)65-62-59-56-53-50-47-44-42-40-33-31-29-26-23-20-17-14-11-8-2/h11,14,19-20,22-23,28-31,34-35,37-38,40,42,47,50,56,59,61,64,70-71H,7-10,12-13,15-18,21,24-27,32-33,36,39,41,43-46,48-49,51-55,57-58,60,62-63,65-69H2,1-6H3,(H-,74,76,78,79)/b14-11-,22-19-,23-20-,30-28-,31-29-,35-34-,38-37-,42-40-,50-47-,59-56-,64-61-. The molecule has 0 rings (SSSR count). The van der Waals surface area contributed by atoms with E-state index < -0.39 is 26.6 Å². The highest BCUT2D eigenvalue weighted by molar-refractivity contribution is 7.45. The molecule has 3 unspecified atom stereocenters. The van der Waals surface area contributed by atoms with Gasteiger partial charge in [-0.25, -0.2) is 0 Å². The van der Waals surface area contributed by atoms with Gasteiger partial charge < -0.3 is 28.5 Å². The number of quaternary nitrogens is 1. The maximum absolute atomic E-state index is 13.5. The maximum atomic E-state index is 13.5. The number of carbonyl (C=O) groups is 2. The van der Waals surface area contributed by atoms with Gasteiger partial charge in [0.05, 0.1) is 33.8 Å². The molecule has 0 aliphatic heterocycles. The highest BCUT2D eigenvalue weighted by atomic mass is 31.2. The van der Waals surface area contributed by atoms with Crippen molar-refractivity contribution in [1.82, 2.24) is 5.32 Å². The summed E-state index contributed by atoms with van der Waals surface area (Å²) in [7, 11) is 1.12. The van der Waals surface area contributed by atoms with Crippen molar-refractivity contribution < 1.29 is 37.3 Å². The van der Waals surface area contributed by atoms with E-state index in [-0.39, 0.29) is 31.3 Å². The molecule has 0 aliphatic rings. The number of unbranched alkanes of at least 4 members (excludes halogenated alkanes) is 23. The van der Waals surface area contributed by atoms with Crippen LogP contribution in [0, 0.1) is 0 Å². The van der Waals surface area contributed by atoms with E-state index in [1.54, 1.807) is 0 Å². The molecule has 0 aromatic carbocycles. The molecule has 0 aromatic rings. The molecule has 0 fully saturated rings. The lowest BCUT2D eigenvalue weighted by molar-refractivity contribution is -0.870. The van der Waals surface area contributed by atoms with Gasteiger partial charge in [0, 0.05) is 12.8 Å². The van der Waals surface area contributed by atoms with E-state index in [1.807, 2.05) is 45.4 Å². The summed E-state index contributed by atoms with van der Waals surface area (Å²) < 4.78 is 30.3. The number of esters is 1. The van der Waals surface area contributed by atoms with Crippen molar-refractivity contribution in [3.05, 3.63) is 134 Å². The van der Waals surface area contributed by atoms with E-state index in [0.29, 0.717) is 23.9 Å². The van der Waals surface area contributed by atoms with Gasteiger partial charge >= 0.3 is 5.97 Å². The monoisotopic (exact) mass is 1170 g/mol. The van der Waals surface area contributed by atoms with Crippen LogP contribution in [0.5, 0.6) is 0 Å². The summed E-state index contributed by atoms with van der Waals surface area (Å²) in [6, 6.07) is -0.942. The van der Waals surface area contributed by atoms with Crippen LogP contribution in [-0.2, 0) is 27.9 Å². The fourth-order valence-corrected chi connectivity index (χ4v) is 9.66. The molecule has 0 heterocycles. The summed E-state index contributed by atoms with van der Waals surface area (Å²) in [6.07, 6.45) is 87.3. The summed E-state index contributed by atoms with van der Waals surface area (Å²) >= 11 is 0. The number of carbonyl (C=O) groups excluding carboxylic acids is 2. The lowest BCUT2D eigenvalue weighted by Crippen LogP contribution is -2.47. The molecule has 0 aliphatic carbocycles. The second-order valence-corrected chi connectivity index (χ2v) is 24.6. The zero-order valence-electron chi connectivity index (χ0n) is 54.1. The summed E-state index contributed by atoms with van der Waals surface area (Å²) in [4.78, 5) is 40.1. The number of phosphoric acid groups is 1. The first-order chi connectivity index (χ1) is 40.4. The van der Waals surface area contributed by atoms with Gasteiger partial charge in [-0.05, 0) is 115 Å². The Morgan fingerprint density at radius 2 is 0.783 bits per heavy atom. The number of hydrogen-bond acceptors (Lipinski definition) is 7. The molecule has 0 bridgehead atoms. The second kappa shape index (κ2) is 61.2. The molecule has 1 amide bonds. The molecular formula is C73H125N2O7P. The Labute approximate surface area is 511 Å². The number of allylic oxidation sites excluding steroid dienone is 21. The Morgan fingerprint density at radius 1 is 0.434 bits per heavy atom. The summed E-state index contributed by atoms with van der Waals surface area (Å²) in [6.45, 7) is 6.63. The van der Waals surface area contributed by atoms with E-state index in [9.17, 15) is 19.0 Å². The predicted molar refractivity (Wildman–Crippen MR) is 357 cm³/mol. The Bertz CT molecular complexity index is 1880. The number of likely N-dealkylation sites (N-methyl/N-ethyl adjacent to an activating group) is 1. The summed E-state index contributed by atoms with van der Waals surface area (Å²) in [5, 5.41) is 2.98. The molecule has 0 saturated heterocycles. The third kappa shape index (κ3) is 62.5. The fourth-order valence-electron chi connectivity index (χ4n) is 8.94. The van der Waals surface area contributed by atoms with Gasteiger partial charge in [-0.3, -0.25) is 14.2 Å². The van der Waals surface area contributed by atoms with Crippen LogP contribution >= 0.6 is 7.82 Å². The first-order valence-electron chi connectivity index (χ1n) is 33.5. The molecular weight excluding hydrogens is 1050 g/mol. The van der Waals surface area contributed by atoms with Crippen molar-refractivity contribution in [2.24, 2.45) is 0 Å². The van der Waals surface area contributed by atoms with Crippen molar-refractivity contribution in [2.75, 3.05) is 40.9 Å². The summed E-state index contributed by atoms with van der Waals surface area (Å²) in [5.74, 6) is -0.652. The van der Waals surface area contributed by atoms with E-state index in [0.717, 1.165) is 103 Å². The molecule has 474 valence electrons. The third-order valence-electron chi connectivity index (χ3n) is 14.1. The van der Waals surface area contributed by atoms with Crippen LogP contribution in [0.4, 0.5) is 0 Å². The van der Waals surface area contributed by atoms with Crippen LogP contribution in [0.1, 0.15) is 265 Å². The molecule has 9 nitrogen and oxygen atoms in total. The largest absolute Gasteiger partial charge is 0.756 e. The maximum Gasteiger partial charge on any atom is 0.306 e. The number of ether oxygens (including phenoxy) is 1. The average Bonchev–Trinajstić information content (AvgIpc) is 3.47. The Balaban J connectivity index is 5.30. The number of amides is 1. The number of rotatable bonds is 59. The van der Waals surface area contributed by atoms with Gasteiger partial charge in [0.25, 0.3) is 7.82 Å². The fraction of sp³-hybridized carbons (Fsp3) is 0.671. The van der Waals surface area contributed by atoms with Gasteiger partial charge in [0.1, 0.15) is 19.3 Å². The first kappa shape index (κ1) is 79.2. The number of nitrogens with zero attached hydrogens (tertiary/aromatic N) is 1. The third-order valence-corrected chi connectivity index (χ3v) is 15.0. The quantitative estimate of drug-likeness (QED) is 0.0212. The van der Waals surface area contributed by atoms with Gasteiger partial charge in [-0.15, -0.1) is 0 Å². The van der Waals surface area contributed by atoms with Crippen molar-refractivity contribution in [2.45, 2.75) is 277 Å². The van der Waals surface area contributed by atoms with Crippen LogP contribution in [0.2, 0.25) is 0 Å². The van der Waals surface area contributed by atoms with Crippen molar-refractivity contribution >= 4 is 19.7 Å². The predicted octanol–water partition coefficient (Wildman–Crippen LogP) is 20.6. The zero-order valence-corrected chi connectivity index (χ0v) is 55.0. The second-order valence-electron chi connectivity index (χ2n) is 23.2. The van der Waals surface area contributed by atoms with Crippen LogP contribution in [0.3, 0.4) is 0 Å². The minimum atomic E-state index is -4.73. The SMILES string of the molecule is CC/C=C\C/C=C\C/C=C\C/C=C\C/C=C\C/C=C\CCC(=O)NC(COP(=O)([O-])OCC[N+](C)(C)C)C(/C=C\CCCCCCCCCCCCC)OC(=O)CCCCCCCCCCC/C=C\C/C=C\C/C=C\C/C=C\CCCCC. The van der Waals surface area contributed by atoms with Gasteiger partial charge in [0.2, 0.25) is 5.91 Å². The first-order valence-corrected chi connectivity index (χ1v) is 35.0. The zero-order chi connectivity index (χ0) is 60.7. The van der Waals surface area contributed by atoms with Gasteiger partial charge in [0.15, 0.2) is 0 Å². The van der Waals surface area contributed by atoms with Crippen LogP contribution < -0.4 is 10.2 Å².